The molecule has 1 saturated heterocycles. The molecule has 41 heavy (non-hydrogen) atoms. The van der Waals surface area contributed by atoms with Crippen molar-refractivity contribution in [3.63, 3.8) is 0 Å². The van der Waals surface area contributed by atoms with E-state index in [-0.39, 0.29) is 29.7 Å². The minimum Gasteiger partial charge on any atom is -0.341 e. The number of anilines is 1. The van der Waals surface area contributed by atoms with Crippen LogP contribution in [0.25, 0.3) is 5.69 Å². The van der Waals surface area contributed by atoms with Crippen LogP contribution in [0.4, 0.5) is 14.6 Å². The SMILES string of the molecule is Cc1ccc(-n2nc(C(C)(C)C)c3c2N(CC(=O)N2CCC(C)CC2)C(=O)CSC3c2ccc(F)cc2F)c(C)c1. The van der Waals surface area contributed by atoms with Gasteiger partial charge in [0.15, 0.2) is 0 Å². The number of aryl methyl sites for hydroxylation is 2. The number of hydrogen-bond donors (Lipinski definition) is 0. The number of likely N-dealkylation sites (tertiary alicyclic amines) is 1. The summed E-state index contributed by atoms with van der Waals surface area (Å²) in [5, 5.41) is 4.47. The number of piperidine rings is 1. The first-order chi connectivity index (χ1) is 19.3. The van der Waals surface area contributed by atoms with E-state index in [4.69, 9.17) is 5.10 Å². The van der Waals surface area contributed by atoms with Gasteiger partial charge in [0.2, 0.25) is 11.8 Å². The van der Waals surface area contributed by atoms with Crippen molar-refractivity contribution < 1.29 is 18.4 Å². The molecular weight excluding hydrogens is 542 g/mol. The summed E-state index contributed by atoms with van der Waals surface area (Å²) in [6, 6.07) is 9.58. The number of rotatable bonds is 4. The lowest BCUT2D eigenvalue weighted by molar-refractivity contribution is -0.132. The van der Waals surface area contributed by atoms with Crippen LogP contribution >= 0.6 is 11.8 Å². The summed E-state index contributed by atoms with van der Waals surface area (Å²) in [6.07, 6.45) is 1.86. The Hall–Kier alpha value is -3.20. The second-order valence-corrected chi connectivity index (χ2v) is 13.5. The van der Waals surface area contributed by atoms with Gasteiger partial charge in [-0.2, -0.15) is 5.10 Å². The van der Waals surface area contributed by atoms with Crippen molar-refractivity contribution in [3.8, 4) is 5.69 Å². The third kappa shape index (κ3) is 5.78. The van der Waals surface area contributed by atoms with Crippen molar-refractivity contribution in [2.75, 3.05) is 30.3 Å². The van der Waals surface area contributed by atoms with Crippen LogP contribution in [0.2, 0.25) is 0 Å². The zero-order valence-corrected chi connectivity index (χ0v) is 25.4. The van der Waals surface area contributed by atoms with Gasteiger partial charge in [-0.15, -0.1) is 11.8 Å². The second kappa shape index (κ2) is 11.2. The molecule has 2 aromatic carbocycles. The Morgan fingerprint density at radius 1 is 1.07 bits per heavy atom. The van der Waals surface area contributed by atoms with E-state index < -0.39 is 22.3 Å². The maximum absolute atomic E-state index is 15.4. The van der Waals surface area contributed by atoms with Gasteiger partial charge in [0.25, 0.3) is 0 Å². The van der Waals surface area contributed by atoms with Gasteiger partial charge < -0.3 is 4.90 Å². The third-order valence-corrected chi connectivity index (χ3v) is 9.29. The molecule has 0 aliphatic carbocycles. The number of fused-ring (bicyclic) bond motifs is 1. The maximum Gasteiger partial charge on any atom is 0.242 e. The predicted molar refractivity (Wildman–Crippen MR) is 160 cm³/mol. The van der Waals surface area contributed by atoms with Crippen molar-refractivity contribution in [2.45, 2.75) is 65.0 Å². The fraction of sp³-hybridized carbons (Fsp3) is 0.469. The first kappa shape index (κ1) is 29.3. The lowest BCUT2D eigenvalue weighted by Gasteiger charge is -2.32. The summed E-state index contributed by atoms with van der Waals surface area (Å²) in [6.45, 7) is 13.5. The number of benzene rings is 2. The second-order valence-electron chi connectivity index (χ2n) is 12.4. The van der Waals surface area contributed by atoms with Gasteiger partial charge in [-0.1, -0.05) is 51.5 Å². The predicted octanol–water partition coefficient (Wildman–Crippen LogP) is 6.49. The van der Waals surface area contributed by atoms with E-state index in [0.29, 0.717) is 36.1 Å². The molecule has 3 heterocycles. The number of carbonyl (C=O) groups is 2. The normalized spacial score (nSPS) is 18.4. The Kier molecular flexibility index (Phi) is 8.03. The largest absolute Gasteiger partial charge is 0.341 e. The van der Waals surface area contributed by atoms with Crippen LogP contribution in [0.1, 0.15) is 73.7 Å². The van der Waals surface area contributed by atoms with Gasteiger partial charge in [0.05, 0.1) is 22.4 Å². The van der Waals surface area contributed by atoms with E-state index in [1.54, 1.807) is 9.58 Å². The molecule has 0 N–H and O–H groups in total. The molecular formula is C32H38F2N4O2S. The summed E-state index contributed by atoms with van der Waals surface area (Å²) >= 11 is 1.29. The lowest BCUT2D eigenvalue weighted by Crippen LogP contribution is -2.46. The average Bonchev–Trinajstić information content (AvgIpc) is 3.23. The Bertz CT molecular complexity index is 1490. The third-order valence-electron chi connectivity index (χ3n) is 8.05. The van der Waals surface area contributed by atoms with E-state index in [1.165, 1.54) is 23.9 Å². The van der Waals surface area contributed by atoms with Gasteiger partial charge in [0, 0.05) is 35.7 Å². The molecule has 1 aromatic heterocycles. The molecule has 5 rings (SSSR count). The summed E-state index contributed by atoms with van der Waals surface area (Å²) in [7, 11) is 0. The number of halogens is 2. The number of amides is 2. The smallest absolute Gasteiger partial charge is 0.242 e. The molecule has 1 atom stereocenters. The Morgan fingerprint density at radius 2 is 1.78 bits per heavy atom. The van der Waals surface area contributed by atoms with Crippen molar-refractivity contribution in [1.29, 1.82) is 0 Å². The molecule has 2 amide bonds. The minimum atomic E-state index is -0.674. The van der Waals surface area contributed by atoms with Crippen molar-refractivity contribution in [2.24, 2.45) is 5.92 Å². The molecule has 0 bridgehead atoms. The van der Waals surface area contributed by atoms with Crippen LogP contribution in [-0.4, -0.2) is 51.9 Å². The standard InChI is InChI=1S/C32H38F2N4O2S/c1-19-11-13-36(14-12-19)26(39)17-37-27(40)18-41-29(23-9-8-22(33)16-24(23)34)28-30(32(4,5)6)35-38(31(28)37)25-10-7-20(2)15-21(25)3/h7-10,15-16,19,29H,11-14,17-18H2,1-6H3. The van der Waals surface area contributed by atoms with Gasteiger partial charge in [0.1, 0.15) is 24.0 Å². The van der Waals surface area contributed by atoms with Crippen molar-refractivity contribution in [3.05, 3.63) is 76.0 Å². The molecule has 2 aliphatic rings. The molecule has 218 valence electrons. The van der Waals surface area contributed by atoms with E-state index in [9.17, 15) is 14.0 Å². The quantitative estimate of drug-likeness (QED) is 0.354. The average molecular weight is 581 g/mol. The summed E-state index contributed by atoms with van der Waals surface area (Å²) in [5.74, 6) is -0.613. The lowest BCUT2D eigenvalue weighted by atomic mass is 9.87. The molecule has 2 aliphatic heterocycles. The number of hydrogen-bond acceptors (Lipinski definition) is 4. The van der Waals surface area contributed by atoms with Crippen molar-refractivity contribution in [1.82, 2.24) is 14.7 Å². The molecule has 0 spiro atoms. The van der Waals surface area contributed by atoms with Crippen LogP contribution in [0.3, 0.4) is 0 Å². The highest BCUT2D eigenvalue weighted by Gasteiger charge is 2.41. The van der Waals surface area contributed by atoms with Crippen molar-refractivity contribution >= 4 is 29.4 Å². The van der Waals surface area contributed by atoms with Gasteiger partial charge in [-0.3, -0.25) is 14.5 Å². The van der Waals surface area contributed by atoms with E-state index in [0.717, 1.165) is 35.7 Å². The first-order valence-corrected chi connectivity index (χ1v) is 15.3. The highest BCUT2D eigenvalue weighted by Crippen LogP contribution is 2.49. The summed E-state index contributed by atoms with van der Waals surface area (Å²) < 4.78 is 31.1. The van der Waals surface area contributed by atoms with E-state index >= 15 is 4.39 Å². The molecule has 1 fully saturated rings. The topological polar surface area (TPSA) is 58.4 Å². The summed E-state index contributed by atoms with van der Waals surface area (Å²) in [4.78, 5) is 30.9. The van der Waals surface area contributed by atoms with Gasteiger partial charge in [-0.25, -0.2) is 13.5 Å². The molecule has 0 saturated carbocycles. The fourth-order valence-corrected chi connectivity index (χ4v) is 6.96. The van der Waals surface area contributed by atoms with Crippen LogP contribution < -0.4 is 4.90 Å². The highest BCUT2D eigenvalue weighted by atomic mass is 32.2. The highest BCUT2D eigenvalue weighted by molar-refractivity contribution is 8.00. The minimum absolute atomic E-state index is 0.0386. The van der Waals surface area contributed by atoms with Crippen LogP contribution in [0.15, 0.2) is 36.4 Å². The monoisotopic (exact) mass is 580 g/mol. The van der Waals surface area contributed by atoms with Crippen LogP contribution in [0.5, 0.6) is 0 Å². The number of nitrogens with zero attached hydrogens (tertiary/aromatic N) is 4. The molecule has 3 aromatic rings. The number of carbonyl (C=O) groups excluding carboxylic acids is 2. The number of aromatic nitrogens is 2. The van der Waals surface area contributed by atoms with E-state index in [1.807, 2.05) is 51.7 Å². The van der Waals surface area contributed by atoms with Crippen LogP contribution in [0, 0.1) is 31.4 Å². The Labute approximate surface area is 245 Å². The fourth-order valence-electron chi connectivity index (χ4n) is 5.74. The first-order valence-electron chi connectivity index (χ1n) is 14.2. The summed E-state index contributed by atoms with van der Waals surface area (Å²) in [5.41, 5.74) is 4.02. The van der Waals surface area contributed by atoms with Gasteiger partial charge in [-0.05, 0) is 50.3 Å². The Balaban J connectivity index is 1.74. The molecule has 6 nitrogen and oxygen atoms in total. The Morgan fingerprint density at radius 3 is 2.41 bits per heavy atom. The van der Waals surface area contributed by atoms with Gasteiger partial charge >= 0.3 is 0 Å². The maximum atomic E-state index is 15.4. The molecule has 0 radical (unpaired) electrons. The zero-order valence-electron chi connectivity index (χ0n) is 24.6. The van der Waals surface area contributed by atoms with Crippen LogP contribution in [-0.2, 0) is 15.0 Å². The van der Waals surface area contributed by atoms with E-state index in [2.05, 4.69) is 13.0 Å². The zero-order chi connectivity index (χ0) is 29.6. The molecule has 9 heteroatoms. The number of thioether (sulfide) groups is 1. The molecule has 1 unspecified atom stereocenters.